The average molecular weight is 230 g/mol. The maximum atomic E-state index is 11.0. The lowest BCUT2D eigenvalue weighted by Crippen LogP contribution is -2.02. The third kappa shape index (κ3) is 2.04. The Bertz CT molecular complexity index is 292. The van der Waals surface area contributed by atoms with E-state index in [1.54, 1.807) is 12.1 Å². The summed E-state index contributed by atoms with van der Waals surface area (Å²) < 4.78 is 5.20. The van der Waals surface area contributed by atoms with E-state index in [0.29, 0.717) is 10.2 Å². The molecule has 1 aromatic rings. The Labute approximate surface area is 78.9 Å². The Balaban J connectivity index is 3.08. The predicted octanol–water partition coefficient (Wildman–Crippen LogP) is 1.94. The van der Waals surface area contributed by atoms with E-state index in [1.807, 2.05) is 6.92 Å². The van der Waals surface area contributed by atoms with E-state index in [4.69, 9.17) is 0 Å². The topological polar surface area (TPSA) is 39.2 Å². The van der Waals surface area contributed by atoms with Gasteiger partial charge in [0.1, 0.15) is 4.60 Å². The van der Waals surface area contributed by atoms with Gasteiger partial charge in [-0.2, -0.15) is 0 Å². The molecule has 64 valence electrons. The highest BCUT2D eigenvalue weighted by atomic mass is 79.9. The molecule has 0 saturated heterocycles. The minimum Gasteiger partial charge on any atom is -0.465 e. The van der Waals surface area contributed by atoms with Crippen molar-refractivity contribution < 1.29 is 9.53 Å². The Morgan fingerprint density at radius 1 is 1.58 bits per heavy atom. The second kappa shape index (κ2) is 3.67. The van der Waals surface area contributed by atoms with Gasteiger partial charge in [-0.05, 0) is 35.0 Å². The van der Waals surface area contributed by atoms with Gasteiger partial charge >= 0.3 is 5.97 Å². The van der Waals surface area contributed by atoms with Crippen LogP contribution in [0.4, 0.5) is 0 Å². The highest BCUT2D eigenvalue weighted by Crippen LogP contribution is 2.11. The van der Waals surface area contributed by atoms with Gasteiger partial charge in [0.15, 0.2) is 0 Å². The lowest BCUT2D eigenvalue weighted by Gasteiger charge is -2.00. The number of hydrogen-bond donors (Lipinski definition) is 0. The van der Waals surface area contributed by atoms with Crippen LogP contribution in [0.5, 0.6) is 0 Å². The molecular formula is C8H8BrNO2. The number of rotatable bonds is 1. The molecule has 3 nitrogen and oxygen atoms in total. The molecule has 1 aromatic heterocycles. The molecule has 0 saturated carbocycles. The summed E-state index contributed by atoms with van der Waals surface area (Å²) in [5.74, 6) is -0.346. The Kier molecular flexibility index (Phi) is 2.81. The van der Waals surface area contributed by atoms with Gasteiger partial charge in [-0.3, -0.25) is 0 Å². The van der Waals surface area contributed by atoms with Crippen molar-refractivity contribution in [1.82, 2.24) is 4.98 Å². The van der Waals surface area contributed by atoms with Gasteiger partial charge in [-0.1, -0.05) is 0 Å². The quantitative estimate of drug-likeness (QED) is 0.546. The third-order valence-corrected chi connectivity index (χ3v) is 1.75. The Hall–Kier alpha value is -0.900. The molecule has 0 atom stereocenters. The van der Waals surface area contributed by atoms with Crippen LogP contribution in [0.25, 0.3) is 0 Å². The Morgan fingerprint density at radius 2 is 2.25 bits per heavy atom. The number of ether oxygens (including phenoxy) is 1. The molecule has 0 amide bonds. The van der Waals surface area contributed by atoms with Crippen molar-refractivity contribution in [3.63, 3.8) is 0 Å². The number of esters is 1. The van der Waals surface area contributed by atoms with Crippen LogP contribution in [0.15, 0.2) is 16.7 Å². The van der Waals surface area contributed by atoms with Crippen molar-refractivity contribution in [3.05, 3.63) is 28.0 Å². The first kappa shape index (κ1) is 9.19. The number of aryl methyl sites for hydroxylation is 1. The number of hydrogen-bond acceptors (Lipinski definition) is 3. The van der Waals surface area contributed by atoms with E-state index in [0.717, 1.165) is 5.69 Å². The fourth-order valence-corrected chi connectivity index (χ4v) is 1.39. The number of carbonyl (C=O) groups is 1. The molecule has 0 aliphatic rings. The molecule has 0 aromatic carbocycles. The number of nitrogens with zero attached hydrogens (tertiary/aromatic N) is 1. The zero-order valence-corrected chi connectivity index (χ0v) is 8.38. The van der Waals surface area contributed by atoms with E-state index < -0.39 is 0 Å². The minimum atomic E-state index is -0.346. The number of halogens is 1. The lowest BCUT2D eigenvalue weighted by molar-refractivity contribution is 0.0600. The molecule has 0 spiro atoms. The molecule has 1 heterocycles. The fraction of sp³-hybridized carbons (Fsp3) is 0.250. The number of pyridine rings is 1. The summed E-state index contributed by atoms with van der Waals surface area (Å²) in [7, 11) is 1.35. The summed E-state index contributed by atoms with van der Waals surface area (Å²) in [5, 5.41) is 0. The van der Waals surface area contributed by atoms with Gasteiger partial charge in [0.05, 0.1) is 12.7 Å². The van der Waals surface area contributed by atoms with Crippen molar-refractivity contribution in [3.8, 4) is 0 Å². The second-order valence-electron chi connectivity index (χ2n) is 2.31. The molecule has 0 aliphatic heterocycles. The van der Waals surface area contributed by atoms with Crippen LogP contribution in [0.1, 0.15) is 16.1 Å². The first-order valence-corrected chi connectivity index (χ1v) is 4.15. The van der Waals surface area contributed by atoms with Crippen LogP contribution in [0.2, 0.25) is 0 Å². The number of carbonyl (C=O) groups excluding carboxylic acids is 1. The fourth-order valence-electron chi connectivity index (χ4n) is 0.864. The van der Waals surface area contributed by atoms with Crippen LogP contribution in [-0.4, -0.2) is 18.1 Å². The normalized spacial score (nSPS) is 9.58. The lowest BCUT2D eigenvalue weighted by atomic mass is 10.2. The van der Waals surface area contributed by atoms with E-state index in [9.17, 15) is 4.79 Å². The van der Waals surface area contributed by atoms with Crippen LogP contribution < -0.4 is 0 Å². The summed E-state index contributed by atoms with van der Waals surface area (Å²) in [6.07, 6.45) is 0. The minimum absolute atomic E-state index is 0.346. The van der Waals surface area contributed by atoms with Crippen molar-refractivity contribution in [2.75, 3.05) is 7.11 Å². The molecule has 4 heteroatoms. The largest absolute Gasteiger partial charge is 0.465 e. The van der Waals surface area contributed by atoms with Crippen molar-refractivity contribution >= 4 is 21.9 Å². The smallest absolute Gasteiger partial charge is 0.338 e. The molecular weight excluding hydrogens is 222 g/mol. The average Bonchev–Trinajstić information content (AvgIpc) is 2.01. The highest BCUT2D eigenvalue weighted by Gasteiger charge is 2.06. The molecule has 1 rings (SSSR count). The Morgan fingerprint density at radius 3 is 2.75 bits per heavy atom. The van der Waals surface area contributed by atoms with Crippen molar-refractivity contribution in [2.45, 2.75) is 6.92 Å². The van der Waals surface area contributed by atoms with Gasteiger partial charge in [0.2, 0.25) is 0 Å². The van der Waals surface area contributed by atoms with Gasteiger partial charge in [0, 0.05) is 5.69 Å². The van der Waals surface area contributed by atoms with E-state index in [2.05, 4.69) is 25.7 Å². The molecule has 0 N–H and O–H groups in total. The number of methoxy groups -OCH3 is 1. The van der Waals surface area contributed by atoms with Crippen LogP contribution >= 0.6 is 15.9 Å². The maximum Gasteiger partial charge on any atom is 0.338 e. The van der Waals surface area contributed by atoms with Gasteiger partial charge < -0.3 is 4.74 Å². The molecule has 0 fully saturated rings. The molecule has 0 aliphatic carbocycles. The van der Waals surface area contributed by atoms with Crippen molar-refractivity contribution in [2.24, 2.45) is 0 Å². The van der Waals surface area contributed by atoms with Crippen LogP contribution in [-0.2, 0) is 4.74 Å². The predicted molar refractivity (Wildman–Crippen MR) is 48.0 cm³/mol. The monoisotopic (exact) mass is 229 g/mol. The molecule has 0 bridgehead atoms. The molecule has 0 unspecified atom stereocenters. The summed E-state index contributed by atoms with van der Waals surface area (Å²) in [4.78, 5) is 15.1. The van der Waals surface area contributed by atoms with E-state index in [1.165, 1.54) is 7.11 Å². The summed E-state index contributed by atoms with van der Waals surface area (Å²) in [6.45, 7) is 1.82. The van der Waals surface area contributed by atoms with Gasteiger partial charge in [-0.25, -0.2) is 9.78 Å². The third-order valence-electron chi connectivity index (χ3n) is 1.34. The highest BCUT2D eigenvalue weighted by molar-refractivity contribution is 9.10. The summed E-state index contributed by atoms with van der Waals surface area (Å²) in [6, 6.07) is 3.30. The van der Waals surface area contributed by atoms with E-state index in [-0.39, 0.29) is 5.97 Å². The van der Waals surface area contributed by atoms with E-state index >= 15 is 0 Å². The van der Waals surface area contributed by atoms with Crippen LogP contribution in [0, 0.1) is 6.92 Å². The SMILES string of the molecule is COC(=O)c1cc(C)nc(Br)c1. The molecule has 12 heavy (non-hydrogen) atoms. The van der Waals surface area contributed by atoms with Gasteiger partial charge in [0.25, 0.3) is 0 Å². The van der Waals surface area contributed by atoms with Gasteiger partial charge in [-0.15, -0.1) is 0 Å². The van der Waals surface area contributed by atoms with Crippen LogP contribution in [0.3, 0.4) is 0 Å². The molecule has 0 radical (unpaired) electrons. The first-order chi connectivity index (χ1) is 5.63. The summed E-state index contributed by atoms with van der Waals surface area (Å²) >= 11 is 3.19. The second-order valence-corrected chi connectivity index (χ2v) is 3.12. The zero-order chi connectivity index (χ0) is 9.14. The standard InChI is InChI=1S/C8H8BrNO2/c1-5-3-6(8(11)12-2)4-7(9)10-5/h3-4H,1-2H3. The maximum absolute atomic E-state index is 11.0. The zero-order valence-electron chi connectivity index (χ0n) is 6.80. The number of aromatic nitrogens is 1. The van der Waals surface area contributed by atoms with Crippen molar-refractivity contribution in [1.29, 1.82) is 0 Å². The summed E-state index contributed by atoms with van der Waals surface area (Å²) in [5.41, 5.74) is 1.29. The first-order valence-electron chi connectivity index (χ1n) is 3.36.